The van der Waals surface area contributed by atoms with Gasteiger partial charge in [-0.05, 0) is 25.3 Å². The standard InChI is InChI=1S/C20H32O2/c1-4-5-6-7-8-9-10-14-19(20(21)22-3)16-18-13-11-12-17(2)15-18/h11-13,15,19H,4-10,14,16H2,1-3H3. The molecule has 1 aromatic carbocycles. The van der Waals surface area contributed by atoms with Crippen LogP contribution in [0.4, 0.5) is 0 Å². The van der Waals surface area contributed by atoms with Crippen LogP contribution in [0.1, 0.15) is 69.4 Å². The minimum absolute atomic E-state index is 0.00226. The number of esters is 1. The van der Waals surface area contributed by atoms with Crippen LogP contribution in [-0.4, -0.2) is 13.1 Å². The zero-order chi connectivity index (χ0) is 16.2. The van der Waals surface area contributed by atoms with E-state index in [1.165, 1.54) is 56.8 Å². The number of carbonyl (C=O) groups excluding carboxylic acids is 1. The number of methoxy groups -OCH3 is 1. The van der Waals surface area contributed by atoms with Crippen molar-refractivity contribution in [3.8, 4) is 0 Å². The first-order chi connectivity index (χ1) is 10.7. The Bertz CT molecular complexity index is 425. The molecule has 0 heterocycles. The quantitative estimate of drug-likeness (QED) is 0.400. The van der Waals surface area contributed by atoms with Gasteiger partial charge in [-0.25, -0.2) is 0 Å². The SMILES string of the molecule is CCCCCCCCCC(Cc1cccc(C)c1)C(=O)OC. The molecule has 0 aromatic heterocycles. The summed E-state index contributed by atoms with van der Waals surface area (Å²) in [5, 5.41) is 0. The number of carbonyl (C=O) groups is 1. The van der Waals surface area contributed by atoms with Crippen molar-refractivity contribution >= 4 is 5.97 Å². The van der Waals surface area contributed by atoms with E-state index < -0.39 is 0 Å². The average molecular weight is 304 g/mol. The fraction of sp³-hybridized carbons (Fsp3) is 0.650. The van der Waals surface area contributed by atoms with Gasteiger partial charge in [0.15, 0.2) is 0 Å². The van der Waals surface area contributed by atoms with Crippen LogP contribution in [-0.2, 0) is 16.0 Å². The molecule has 0 aliphatic heterocycles. The summed E-state index contributed by atoms with van der Waals surface area (Å²) in [7, 11) is 1.50. The summed E-state index contributed by atoms with van der Waals surface area (Å²) < 4.78 is 4.99. The zero-order valence-electron chi connectivity index (χ0n) is 14.6. The maximum Gasteiger partial charge on any atom is 0.308 e. The zero-order valence-corrected chi connectivity index (χ0v) is 14.6. The van der Waals surface area contributed by atoms with Gasteiger partial charge < -0.3 is 4.74 Å². The third-order valence-corrected chi connectivity index (χ3v) is 4.26. The smallest absolute Gasteiger partial charge is 0.308 e. The first-order valence-electron chi connectivity index (χ1n) is 8.80. The van der Waals surface area contributed by atoms with E-state index in [-0.39, 0.29) is 11.9 Å². The summed E-state index contributed by atoms with van der Waals surface area (Å²) in [6.45, 7) is 4.33. The summed E-state index contributed by atoms with van der Waals surface area (Å²) in [6, 6.07) is 8.42. The van der Waals surface area contributed by atoms with Crippen LogP contribution in [0, 0.1) is 12.8 Å². The second kappa shape index (κ2) is 11.3. The lowest BCUT2D eigenvalue weighted by Gasteiger charge is -2.15. The van der Waals surface area contributed by atoms with E-state index in [0.29, 0.717) is 0 Å². The van der Waals surface area contributed by atoms with E-state index in [1.54, 1.807) is 0 Å². The van der Waals surface area contributed by atoms with Gasteiger partial charge in [0, 0.05) is 0 Å². The highest BCUT2D eigenvalue weighted by Crippen LogP contribution is 2.19. The highest BCUT2D eigenvalue weighted by Gasteiger charge is 2.19. The van der Waals surface area contributed by atoms with E-state index in [1.807, 2.05) is 0 Å². The van der Waals surface area contributed by atoms with Gasteiger partial charge in [0.05, 0.1) is 13.0 Å². The topological polar surface area (TPSA) is 26.3 Å². The Morgan fingerprint density at radius 2 is 1.77 bits per heavy atom. The molecule has 0 fully saturated rings. The first kappa shape index (κ1) is 18.7. The molecule has 0 saturated heterocycles. The number of unbranched alkanes of at least 4 members (excludes halogenated alkanes) is 6. The maximum absolute atomic E-state index is 12.0. The van der Waals surface area contributed by atoms with Gasteiger partial charge in [0.1, 0.15) is 0 Å². The maximum atomic E-state index is 12.0. The van der Waals surface area contributed by atoms with Crippen molar-refractivity contribution in [2.75, 3.05) is 7.11 Å². The lowest BCUT2D eigenvalue weighted by Crippen LogP contribution is -2.18. The van der Waals surface area contributed by atoms with Crippen molar-refractivity contribution in [2.24, 2.45) is 5.92 Å². The van der Waals surface area contributed by atoms with Crippen LogP contribution in [0.25, 0.3) is 0 Å². The predicted molar refractivity (Wildman–Crippen MR) is 93.0 cm³/mol. The minimum Gasteiger partial charge on any atom is -0.469 e. The Labute approximate surface area is 136 Å². The third-order valence-electron chi connectivity index (χ3n) is 4.26. The lowest BCUT2D eigenvalue weighted by molar-refractivity contribution is -0.145. The third kappa shape index (κ3) is 7.63. The highest BCUT2D eigenvalue weighted by atomic mass is 16.5. The van der Waals surface area contributed by atoms with E-state index in [2.05, 4.69) is 38.1 Å². The van der Waals surface area contributed by atoms with E-state index in [9.17, 15) is 4.79 Å². The van der Waals surface area contributed by atoms with Crippen LogP contribution < -0.4 is 0 Å². The molecule has 2 nitrogen and oxygen atoms in total. The molecule has 0 saturated carbocycles. The van der Waals surface area contributed by atoms with Crippen LogP contribution in [0.15, 0.2) is 24.3 Å². The van der Waals surface area contributed by atoms with Crippen molar-refractivity contribution in [3.63, 3.8) is 0 Å². The summed E-state index contributed by atoms with van der Waals surface area (Å²) >= 11 is 0. The Kier molecular flexibility index (Phi) is 9.61. The van der Waals surface area contributed by atoms with Gasteiger partial charge in [0.2, 0.25) is 0 Å². The highest BCUT2D eigenvalue weighted by molar-refractivity contribution is 5.72. The van der Waals surface area contributed by atoms with Gasteiger partial charge in [-0.2, -0.15) is 0 Å². The fourth-order valence-corrected chi connectivity index (χ4v) is 2.94. The van der Waals surface area contributed by atoms with Crippen molar-refractivity contribution in [1.29, 1.82) is 0 Å². The number of hydrogen-bond acceptors (Lipinski definition) is 2. The molecular formula is C20H32O2. The fourth-order valence-electron chi connectivity index (χ4n) is 2.94. The molecule has 2 heteroatoms. The summed E-state index contributed by atoms with van der Waals surface area (Å²) in [5.74, 6) is -0.0602. The van der Waals surface area contributed by atoms with E-state index >= 15 is 0 Å². The molecule has 0 radical (unpaired) electrons. The number of aryl methyl sites for hydroxylation is 1. The molecule has 1 unspecified atom stereocenters. The lowest BCUT2D eigenvalue weighted by atomic mass is 9.93. The second-order valence-electron chi connectivity index (χ2n) is 6.32. The summed E-state index contributed by atoms with van der Waals surface area (Å²) in [5.41, 5.74) is 2.48. The van der Waals surface area contributed by atoms with E-state index in [4.69, 9.17) is 4.74 Å². The molecule has 124 valence electrons. The molecule has 0 spiro atoms. The van der Waals surface area contributed by atoms with Gasteiger partial charge >= 0.3 is 5.97 Å². The van der Waals surface area contributed by atoms with E-state index in [0.717, 1.165) is 19.3 Å². The molecule has 1 aromatic rings. The normalized spacial score (nSPS) is 12.1. The Morgan fingerprint density at radius 1 is 1.09 bits per heavy atom. The second-order valence-corrected chi connectivity index (χ2v) is 6.32. The Balaban J connectivity index is 2.36. The van der Waals surface area contributed by atoms with Gasteiger partial charge in [-0.1, -0.05) is 81.7 Å². The van der Waals surface area contributed by atoms with Crippen molar-refractivity contribution in [1.82, 2.24) is 0 Å². The molecule has 22 heavy (non-hydrogen) atoms. The molecule has 0 N–H and O–H groups in total. The molecule has 0 amide bonds. The number of benzene rings is 1. The molecule has 0 aliphatic carbocycles. The molecule has 1 rings (SSSR count). The number of ether oxygens (including phenoxy) is 1. The predicted octanol–water partition coefficient (Wildman–Crippen LogP) is 5.47. The molecule has 1 atom stereocenters. The first-order valence-corrected chi connectivity index (χ1v) is 8.80. The van der Waals surface area contributed by atoms with Crippen LogP contribution in [0.2, 0.25) is 0 Å². The van der Waals surface area contributed by atoms with Gasteiger partial charge in [-0.15, -0.1) is 0 Å². The Hall–Kier alpha value is -1.31. The summed E-state index contributed by atoms with van der Waals surface area (Å²) in [6.07, 6.45) is 10.7. The molecule has 0 bridgehead atoms. The number of rotatable bonds is 11. The minimum atomic E-state index is -0.0625. The molecule has 0 aliphatic rings. The summed E-state index contributed by atoms with van der Waals surface area (Å²) in [4.78, 5) is 12.0. The van der Waals surface area contributed by atoms with Crippen LogP contribution in [0.5, 0.6) is 0 Å². The van der Waals surface area contributed by atoms with Crippen molar-refractivity contribution in [3.05, 3.63) is 35.4 Å². The monoisotopic (exact) mass is 304 g/mol. The van der Waals surface area contributed by atoms with Crippen LogP contribution in [0.3, 0.4) is 0 Å². The average Bonchev–Trinajstić information content (AvgIpc) is 2.52. The van der Waals surface area contributed by atoms with Crippen molar-refractivity contribution < 1.29 is 9.53 Å². The van der Waals surface area contributed by atoms with Gasteiger partial charge in [-0.3, -0.25) is 4.79 Å². The largest absolute Gasteiger partial charge is 0.469 e. The molecular weight excluding hydrogens is 272 g/mol. The number of hydrogen-bond donors (Lipinski definition) is 0. The van der Waals surface area contributed by atoms with Crippen molar-refractivity contribution in [2.45, 2.75) is 71.6 Å². The van der Waals surface area contributed by atoms with Crippen LogP contribution >= 0.6 is 0 Å². The Morgan fingerprint density at radius 3 is 2.41 bits per heavy atom. The van der Waals surface area contributed by atoms with Gasteiger partial charge in [0.25, 0.3) is 0 Å².